The zero-order valence-corrected chi connectivity index (χ0v) is 15.7. The Kier molecular flexibility index (Phi) is 5.84. The lowest BCUT2D eigenvalue weighted by Gasteiger charge is -2.29. The van der Waals surface area contributed by atoms with Crippen LogP contribution in [0.15, 0.2) is 78.9 Å². The largest absolute Gasteiger partial charge is 0.331 e. The van der Waals surface area contributed by atoms with Gasteiger partial charge in [0.25, 0.3) is 5.91 Å². The van der Waals surface area contributed by atoms with Gasteiger partial charge in [0.2, 0.25) is 5.91 Å². The van der Waals surface area contributed by atoms with Crippen LogP contribution in [-0.2, 0) is 4.79 Å². The van der Waals surface area contributed by atoms with Gasteiger partial charge >= 0.3 is 0 Å². The molecule has 0 aliphatic carbocycles. The van der Waals surface area contributed by atoms with E-state index in [1.54, 1.807) is 48.3 Å². The second kappa shape index (κ2) is 8.48. The highest BCUT2D eigenvalue weighted by Gasteiger charge is 2.24. The van der Waals surface area contributed by atoms with Crippen LogP contribution in [0.3, 0.4) is 0 Å². The first-order valence-electron chi connectivity index (χ1n) is 8.91. The second-order valence-corrected chi connectivity index (χ2v) is 6.54. The molecular formula is C23H21FN2O2. The van der Waals surface area contributed by atoms with Gasteiger partial charge in [0.15, 0.2) is 0 Å². The van der Waals surface area contributed by atoms with E-state index < -0.39 is 0 Å². The van der Waals surface area contributed by atoms with Crippen LogP contribution < -0.4 is 5.32 Å². The summed E-state index contributed by atoms with van der Waals surface area (Å²) >= 11 is 0. The fourth-order valence-electron chi connectivity index (χ4n) is 3.14. The number of rotatable bonds is 5. The number of nitrogens with one attached hydrogen (secondary N) is 1. The molecule has 1 atom stereocenters. The molecule has 0 aromatic heterocycles. The van der Waals surface area contributed by atoms with Crippen molar-refractivity contribution in [3.05, 3.63) is 101 Å². The van der Waals surface area contributed by atoms with Gasteiger partial charge in [0.1, 0.15) is 5.82 Å². The lowest BCUT2D eigenvalue weighted by molar-refractivity contribution is -0.114. The SMILES string of the molecule is CC(=O)Nc1ccc(C(=O)N(C)C(c2ccccc2)c2ccc(F)cc2)cc1. The summed E-state index contributed by atoms with van der Waals surface area (Å²) in [6.45, 7) is 1.43. The number of anilines is 1. The minimum absolute atomic E-state index is 0.170. The molecule has 3 aromatic carbocycles. The number of hydrogen-bond donors (Lipinski definition) is 1. The minimum Gasteiger partial charge on any atom is -0.331 e. The number of amides is 2. The van der Waals surface area contributed by atoms with E-state index in [0.717, 1.165) is 11.1 Å². The molecule has 0 saturated heterocycles. The van der Waals surface area contributed by atoms with E-state index in [4.69, 9.17) is 0 Å². The Morgan fingerprint density at radius 3 is 2.00 bits per heavy atom. The molecule has 3 aromatic rings. The second-order valence-electron chi connectivity index (χ2n) is 6.54. The molecule has 0 spiro atoms. The van der Waals surface area contributed by atoms with E-state index in [0.29, 0.717) is 11.3 Å². The molecule has 0 aliphatic heterocycles. The van der Waals surface area contributed by atoms with E-state index in [1.165, 1.54) is 19.1 Å². The van der Waals surface area contributed by atoms with Crippen LogP contribution in [-0.4, -0.2) is 23.8 Å². The zero-order valence-electron chi connectivity index (χ0n) is 15.7. The van der Waals surface area contributed by atoms with Crippen LogP contribution in [0.5, 0.6) is 0 Å². The molecule has 0 heterocycles. The Morgan fingerprint density at radius 1 is 0.857 bits per heavy atom. The topological polar surface area (TPSA) is 49.4 Å². The summed E-state index contributed by atoms with van der Waals surface area (Å²) in [5.74, 6) is -0.665. The van der Waals surface area contributed by atoms with Crippen LogP contribution in [0.25, 0.3) is 0 Å². The number of nitrogens with zero attached hydrogens (tertiary/aromatic N) is 1. The van der Waals surface area contributed by atoms with Gasteiger partial charge in [-0.3, -0.25) is 9.59 Å². The summed E-state index contributed by atoms with van der Waals surface area (Å²) in [7, 11) is 1.73. The smallest absolute Gasteiger partial charge is 0.254 e. The van der Waals surface area contributed by atoms with Crippen molar-refractivity contribution in [2.75, 3.05) is 12.4 Å². The molecule has 1 N–H and O–H groups in total. The van der Waals surface area contributed by atoms with E-state index in [1.807, 2.05) is 30.3 Å². The quantitative estimate of drug-likeness (QED) is 0.705. The average Bonchev–Trinajstić information content (AvgIpc) is 2.70. The Hall–Kier alpha value is -3.47. The third-order valence-corrected chi connectivity index (χ3v) is 4.46. The molecule has 4 nitrogen and oxygen atoms in total. The Labute approximate surface area is 163 Å². The van der Waals surface area contributed by atoms with Crippen molar-refractivity contribution in [3.63, 3.8) is 0 Å². The third kappa shape index (κ3) is 4.43. The normalized spacial score (nSPS) is 11.5. The Bertz CT molecular complexity index is 954. The molecule has 0 aliphatic rings. The first-order valence-corrected chi connectivity index (χ1v) is 8.91. The molecule has 1 unspecified atom stereocenters. The lowest BCUT2D eigenvalue weighted by atomic mass is 9.96. The van der Waals surface area contributed by atoms with Crippen LogP contribution in [0, 0.1) is 5.82 Å². The summed E-state index contributed by atoms with van der Waals surface area (Å²) in [5.41, 5.74) is 2.88. The zero-order chi connectivity index (χ0) is 20.1. The molecule has 28 heavy (non-hydrogen) atoms. The van der Waals surface area contributed by atoms with E-state index in [9.17, 15) is 14.0 Å². The van der Waals surface area contributed by atoms with E-state index in [-0.39, 0.29) is 23.7 Å². The first-order chi connectivity index (χ1) is 13.5. The fourth-order valence-corrected chi connectivity index (χ4v) is 3.14. The van der Waals surface area contributed by atoms with Gasteiger partial charge in [-0.15, -0.1) is 0 Å². The number of hydrogen-bond acceptors (Lipinski definition) is 2. The number of carbonyl (C=O) groups excluding carboxylic acids is 2. The summed E-state index contributed by atoms with van der Waals surface area (Å²) < 4.78 is 13.4. The van der Waals surface area contributed by atoms with Gasteiger partial charge in [-0.2, -0.15) is 0 Å². The monoisotopic (exact) mass is 376 g/mol. The fraction of sp³-hybridized carbons (Fsp3) is 0.130. The van der Waals surface area contributed by atoms with Gasteiger partial charge in [-0.05, 0) is 47.5 Å². The summed E-state index contributed by atoms with van der Waals surface area (Å²) in [5, 5.41) is 2.68. The molecule has 0 radical (unpaired) electrons. The van der Waals surface area contributed by atoms with Crippen molar-refractivity contribution in [1.82, 2.24) is 4.90 Å². The highest BCUT2D eigenvalue weighted by molar-refractivity contribution is 5.95. The molecular weight excluding hydrogens is 355 g/mol. The number of benzene rings is 3. The molecule has 142 valence electrons. The predicted octanol–water partition coefficient (Wildman–Crippen LogP) is 4.65. The molecule has 0 fully saturated rings. The molecule has 3 rings (SSSR count). The van der Waals surface area contributed by atoms with Crippen molar-refractivity contribution >= 4 is 17.5 Å². The maximum Gasteiger partial charge on any atom is 0.254 e. The summed E-state index contributed by atoms with van der Waals surface area (Å²) in [4.78, 5) is 25.9. The maximum atomic E-state index is 13.4. The van der Waals surface area contributed by atoms with Gasteiger partial charge in [0.05, 0.1) is 6.04 Å². The van der Waals surface area contributed by atoms with Crippen LogP contribution >= 0.6 is 0 Å². The number of carbonyl (C=O) groups is 2. The van der Waals surface area contributed by atoms with Crippen LogP contribution in [0.2, 0.25) is 0 Å². The molecule has 5 heteroatoms. The van der Waals surface area contributed by atoms with Gasteiger partial charge in [-0.25, -0.2) is 4.39 Å². The van der Waals surface area contributed by atoms with Crippen molar-refractivity contribution in [2.24, 2.45) is 0 Å². The maximum absolute atomic E-state index is 13.4. The molecule has 0 saturated carbocycles. The van der Waals surface area contributed by atoms with Gasteiger partial charge in [0, 0.05) is 25.2 Å². The van der Waals surface area contributed by atoms with Crippen molar-refractivity contribution in [2.45, 2.75) is 13.0 Å². The van der Waals surface area contributed by atoms with Gasteiger partial charge in [-0.1, -0.05) is 42.5 Å². The molecule has 0 bridgehead atoms. The standard InChI is InChI=1S/C23H21FN2O2/c1-16(27)25-21-14-10-19(11-15-21)23(28)26(2)22(17-6-4-3-5-7-17)18-8-12-20(24)13-9-18/h3-15,22H,1-2H3,(H,25,27). The molecule has 2 amide bonds. The van der Waals surface area contributed by atoms with E-state index >= 15 is 0 Å². The Balaban J connectivity index is 1.92. The third-order valence-electron chi connectivity index (χ3n) is 4.46. The minimum atomic E-state index is -0.357. The van der Waals surface area contributed by atoms with Crippen LogP contribution in [0.1, 0.15) is 34.5 Å². The summed E-state index contributed by atoms with van der Waals surface area (Å²) in [6, 6.07) is 22.2. The lowest BCUT2D eigenvalue weighted by Crippen LogP contribution is -2.32. The van der Waals surface area contributed by atoms with E-state index in [2.05, 4.69) is 5.32 Å². The van der Waals surface area contributed by atoms with Crippen molar-refractivity contribution in [1.29, 1.82) is 0 Å². The highest BCUT2D eigenvalue weighted by atomic mass is 19.1. The Morgan fingerprint density at radius 2 is 1.43 bits per heavy atom. The van der Waals surface area contributed by atoms with Crippen LogP contribution in [0.4, 0.5) is 10.1 Å². The summed E-state index contributed by atoms with van der Waals surface area (Å²) in [6.07, 6.45) is 0. The van der Waals surface area contributed by atoms with Crippen molar-refractivity contribution < 1.29 is 14.0 Å². The predicted molar refractivity (Wildman–Crippen MR) is 108 cm³/mol. The number of halogens is 1. The van der Waals surface area contributed by atoms with Gasteiger partial charge < -0.3 is 10.2 Å². The average molecular weight is 376 g/mol. The first kappa shape index (κ1) is 19.3. The van der Waals surface area contributed by atoms with Crippen molar-refractivity contribution in [3.8, 4) is 0 Å². The highest BCUT2D eigenvalue weighted by Crippen LogP contribution is 2.29.